The van der Waals surface area contributed by atoms with E-state index in [4.69, 9.17) is 0 Å². The predicted octanol–water partition coefficient (Wildman–Crippen LogP) is 1.11. The van der Waals surface area contributed by atoms with Crippen LogP contribution in [0.15, 0.2) is 52.2 Å². The number of carboxylic acids is 1. The van der Waals surface area contributed by atoms with Crippen LogP contribution in [0.2, 0.25) is 0 Å². The molecule has 0 radical (unpaired) electrons. The Balaban J connectivity index is 1.42. The Bertz CT molecular complexity index is 1010. The number of carboxylic acid groups (broad SMARTS) is 1. The summed E-state index contributed by atoms with van der Waals surface area (Å²) in [6.07, 6.45) is 1.17. The Morgan fingerprint density at radius 3 is 2.74 bits per heavy atom. The number of β-lactam (4-membered cyclic amide) rings is 1. The van der Waals surface area contributed by atoms with E-state index in [9.17, 15) is 24.6 Å². The van der Waals surface area contributed by atoms with Crippen LogP contribution in [0, 0.1) is 0 Å². The van der Waals surface area contributed by atoms with Crippen LogP contribution in [0.3, 0.4) is 0 Å². The molecule has 1 unspecified atom stereocenters. The van der Waals surface area contributed by atoms with Crippen molar-refractivity contribution in [1.29, 1.82) is 0 Å². The number of aromatic nitrogens is 3. The number of hydrogen-bond donors (Lipinski definition) is 4. The number of fused-ring (bicyclic) bond motifs is 1. The standard InChI is InChI=1S/C19H19N5O5S2/c25-16(10-4-2-1-3-5-10)17(26)21-14-11-6-7-12(15(19(28)29)24(11)18(14)27)30-9-31-13-8-20-23-22-13/h1-5,8,11,14,16,25H,6-7,9H2,(H,21,26)(H,28,29)(H,20,22,23)/t11-,14-,16?/m0/s1. The van der Waals surface area contributed by atoms with Gasteiger partial charge in [-0.15, -0.1) is 16.9 Å². The number of amides is 2. The first-order valence-corrected chi connectivity index (χ1v) is 11.4. The van der Waals surface area contributed by atoms with E-state index in [1.807, 2.05) is 0 Å². The molecule has 162 valence electrons. The zero-order valence-electron chi connectivity index (χ0n) is 16.1. The van der Waals surface area contributed by atoms with Crippen LogP contribution >= 0.6 is 23.5 Å². The molecule has 1 aromatic heterocycles. The van der Waals surface area contributed by atoms with Gasteiger partial charge in [-0.2, -0.15) is 10.3 Å². The van der Waals surface area contributed by atoms with Gasteiger partial charge < -0.3 is 15.5 Å². The largest absolute Gasteiger partial charge is 0.477 e. The van der Waals surface area contributed by atoms with Gasteiger partial charge in [0.2, 0.25) is 0 Å². The summed E-state index contributed by atoms with van der Waals surface area (Å²) in [4.78, 5) is 38.9. The minimum absolute atomic E-state index is 0.0406. The van der Waals surface area contributed by atoms with Crippen molar-refractivity contribution in [1.82, 2.24) is 25.6 Å². The summed E-state index contributed by atoms with van der Waals surface area (Å²) in [6, 6.07) is 7.11. The fourth-order valence-corrected chi connectivity index (χ4v) is 5.71. The van der Waals surface area contributed by atoms with Gasteiger partial charge in [-0.05, 0) is 18.4 Å². The molecule has 12 heteroatoms. The SMILES string of the molecule is O=C(O)C1=C(SCSc2cn[nH]n2)CC[C@H]2[C@H](NC(=O)C(O)c3ccccc3)C(=O)N12. The molecule has 0 spiro atoms. The number of allylic oxidation sites excluding steroid dienone is 1. The van der Waals surface area contributed by atoms with E-state index in [-0.39, 0.29) is 5.70 Å². The van der Waals surface area contributed by atoms with E-state index in [0.717, 1.165) is 0 Å². The molecule has 4 rings (SSSR count). The highest BCUT2D eigenvalue weighted by molar-refractivity contribution is 8.17. The highest BCUT2D eigenvalue weighted by Gasteiger charge is 2.53. The normalized spacial score (nSPS) is 21.3. The van der Waals surface area contributed by atoms with Crippen LogP contribution in [-0.4, -0.2) is 65.5 Å². The van der Waals surface area contributed by atoms with Crippen LogP contribution in [0.5, 0.6) is 0 Å². The molecule has 0 saturated carbocycles. The summed E-state index contributed by atoms with van der Waals surface area (Å²) in [5.41, 5.74) is 0.378. The predicted molar refractivity (Wildman–Crippen MR) is 113 cm³/mol. The second-order valence-electron chi connectivity index (χ2n) is 6.91. The van der Waals surface area contributed by atoms with Crippen molar-refractivity contribution in [2.24, 2.45) is 0 Å². The third kappa shape index (κ3) is 4.31. The summed E-state index contributed by atoms with van der Waals surface area (Å²) in [7, 11) is 0. The molecular formula is C19H19N5O5S2. The molecule has 2 aliphatic rings. The van der Waals surface area contributed by atoms with Crippen molar-refractivity contribution in [3.05, 3.63) is 52.7 Å². The van der Waals surface area contributed by atoms with Crippen LogP contribution in [0.1, 0.15) is 24.5 Å². The van der Waals surface area contributed by atoms with Crippen molar-refractivity contribution in [2.75, 3.05) is 5.08 Å². The number of nitrogens with zero attached hydrogens (tertiary/aromatic N) is 3. The van der Waals surface area contributed by atoms with Crippen molar-refractivity contribution in [3.8, 4) is 0 Å². The van der Waals surface area contributed by atoms with Gasteiger partial charge in [-0.25, -0.2) is 4.79 Å². The number of aliphatic hydroxyl groups excluding tert-OH is 1. The lowest BCUT2D eigenvalue weighted by Gasteiger charge is -2.50. The number of carbonyl (C=O) groups is 3. The monoisotopic (exact) mass is 461 g/mol. The lowest BCUT2D eigenvalue weighted by atomic mass is 9.86. The molecule has 10 nitrogen and oxygen atoms in total. The smallest absolute Gasteiger partial charge is 0.353 e. The molecule has 0 bridgehead atoms. The quantitative estimate of drug-likeness (QED) is 0.258. The van der Waals surface area contributed by atoms with E-state index >= 15 is 0 Å². The number of aliphatic hydroxyl groups is 1. The van der Waals surface area contributed by atoms with Gasteiger partial charge in [0, 0.05) is 4.91 Å². The number of rotatable bonds is 8. The Hall–Kier alpha value is -2.83. The zero-order chi connectivity index (χ0) is 22.0. The number of nitrogens with one attached hydrogen (secondary N) is 2. The first-order chi connectivity index (χ1) is 15.0. The number of aliphatic carboxylic acids is 1. The summed E-state index contributed by atoms with van der Waals surface area (Å²) in [5.74, 6) is -2.35. The van der Waals surface area contributed by atoms with Gasteiger partial charge in [0.05, 0.1) is 17.3 Å². The first-order valence-electron chi connectivity index (χ1n) is 9.41. The summed E-state index contributed by atoms with van der Waals surface area (Å²) in [5, 5.41) is 33.9. The molecule has 1 fully saturated rings. The van der Waals surface area contributed by atoms with Crippen molar-refractivity contribution in [2.45, 2.75) is 36.1 Å². The molecule has 2 amide bonds. The van der Waals surface area contributed by atoms with Crippen molar-refractivity contribution >= 4 is 41.3 Å². The van der Waals surface area contributed by atoms with Gasteiger partial charge in [-0.1, -0.05) is 42.1 Å². The Kier molecular flexibility index (Phi) is 6.30. The fraction of sp³-hybridized carbons (Fsp3) is 0.316. The molecule has 0 aliphatic carbocycles. The van der Waals surface area contributed by atoms with Crippen molar-refractivity contribution in [3.63, 3.8) is 0 Å². The second-order valence-corrected chi connectivity index (χ2v) is 9.34. The van der Waals surface area contributed by atoms with Crippen LogP contribution in [0.25, 0.3) is 0 Å². The number of hydrogen-bond acceptors (Lipinski definition) is 8. The van der Waals surface area contributed by atoms with Crippen LogP contribution < -0.4 is 5.32 Å². The van der Waals surface area contributed by atoms with Gasteiger partial charge in [0.25, 0.3) is 11.8 Å². The molecule has 1 saturated heterocycles. The van der Waals surface area contributed by atoms with E-state index in [0.29, 0.717) is 33.4 Å². The van der Waals surface area contributed by atoms with Gasteiger partial charge in [-0.3, -0.25) is 14.5 Å². The minimum atomic E-state index is -1.40. The number of thioether (sulfide) groups is 2. The van der Waals surface area contributed by atoms with Gasteiger partial charge in [0.1, 0.15) is 16.8 Å². The third-order valence-electron chi connectivity index (χ3n) is 5.09. The second kappa shape index (κ2) is 9.12. The Labute approximate surface area is 185 Å². The molecule has 3 heterocycles. The summed E-state index contributed by atoms with van der Waals surface area (Å²) in [6.45, 7) is 0. The van der Waals surface area contributed by atoms with Gasteiger partial charge >= 0.3 is 5.97 Å². The molecule has 2 aliphatic heterocycles. The molecule has 1 aromatic carbocycles. The summed E-state index contributed by atoms with van der Waals surface area (Å²) < 4.78 is 0. The average molecular weight is 462 g/mol. The topological polar surface area (TPSA) is 149 Å². The van der Waals surface area contributed by atoms with E-state index < -0.39 is 36.0 Å². The lowest BCUT2D eigenvalue weighted by molar-refractivity contribution is -0.156. The zero-order valence-corrected chi connectivity index (χ0v) is 17.7. The molecule has 31 heavy (non-hydrogen) atoms. The molecule has 3 atom stereocenters. The third-order valence-corrected chi connectivity index (χ3v) is 7.27. The molecule has 2 aromatic rings. The van der Waals surface area contributed by atoms with Crippen molar-refractivity contribution < 1.29 is 24.6 Å². The Morgan fingerprint density at radius 2 is 2.06 bits per heavy atom. The first kappa shape index (κ1) is 21.4. The number of H-pyrrole nitrogens is 1. The number of carbonyl (C=O) groups excluding carboxylic acids is 2. The fourth-order valence-electron chi connectivity index (χ4n) is 3.61. The van der Waals surface area contributed by atoms with Gasteiger partial charge in [0.15, 0.2) is 6.10 Å². The molecule has 4 N–H and O–H groups in total. The highest BCUT2D eigenvalue weighted by Crippen LogP contribution is 2.42. The summed E-state index contributed by atoms with van der Waals surface area (Å²) >= 11 is 2.76. The number of aromatic amines is 1. The van der Waals surface area contributed by atoms with Crippen LogP contribution in [-0.2, 0) is 14.4 Å². The van der Waals surface area contributed by atoms with Crippen LogP contribution in [0.4, 0.5) is 0 Å². The maximum absolute atomic E-state index is 12.7. The maximum Gasteiger partial charge on any atom is 0.353 e. The highest BCUT2D eigenvalue weighted by atomic mass is 32.2. The van der Waals surface area contributed by atoms with E-state index in [2.05, 4.69) is 20.7 Å². The average Bonchev–Trinajstić information content (AvgIpc) is 3.30. The van der Waals surface area contributed by atoms with E-state index in [1.54, 1.807) is 36.5 Å². The lowest BCUT2D eigenvalue weighted by Crippen LogP contribution is -2.71. The Morgan fingerprint density at radius 1 is 1.29 bits per heavy atom. The molecular weight excluding hydrogens is 442 g/mol. The van der Waals surface area contributed by atoms with E-state index in [1.165, 1.54) is 28.4 Å². The minimum Gasteiger partial charge on any atom is -0.477 e. The number of benzene rings is 1. The maximum atomic E-state index is 12.7.